The number of ether oxygens (including phenoxy) is 1. The molecule has 0 bridgehead atoms. The van der Waals surface area contributed by atoms with Crippen LogP contribution in [0.1, 0.15) is 38.3 Å². The number of carbonyl (C=O) groups is 1. The van der Waals surface area contributed by atoms with Crippen molar-refractivity contribution in [2.45, 2.75) is 39.0 Å². The van der Waals surface area contributed by atoms with Crippen LogP contribution in [0.3, 0.4) is 0 Å². The highest BCUT2D eigenvalue weighted by molar-refractivity contribution is 5.67. The van der Waals surface area contributed by atoms with Gasteiger partial charge in [0.15, 0.2) is 0 Å². The second-order valence-corrected chi connectivity index (χ2v) is 5.67. The Bertz CT molecular complexity index is 622. The van der Waals surface area contributed by atoms with Crippen LogP contribution < -0.4 is 5.32 Å². The second-order valence-electron chi connectivity index (χ2n) is 5.67. The largest absolute Gasteiger partial charge is 0.444 e. The Kier molecular flexibility index (Phi) is 6.02. The van der Waals surface area contributed by atoms with Crippen molar-refractivity contribution in [1.29, 1.82) is 0 Å². The maximum atomic E-state index is 13.3. The van der Waals surface area contributed by atoms with Crippen molar-refractivity contribution >= 4 is 6.09 Å². The summed E-state index contributed by atoms with van der Waals surface area (Å²) >= 11 is 0. The molecule has 0 unspecified atom stereocenters. The number of halogens is 4. The standard InChI is InChI=1S/C16H17F4NO2/c1-15(2,3)23-14(22)21-9-5-4-6-11-7-8-12(13(17)10-11)16(18,19)20/h7-8,10H,5,9H2,1-3H3,(H,21,22). The lowest BCUT2D eigenvalue weighted by atomic mass is 10.1. The second kappa shape index (κ2) is 7.36. The minimum Gasteiger partial charge on any atom is -0.444 e. The maximum Gasteiger partial charge on any atom is 0.419 e. The van der Waals surface area contributed by atoms with E-state index in [0.717, 1.165) is 12.1 Å². The molecule has 0 fully saturated rings. The highest BCUT2D eigenvalue weighted by Crippen LogP contribution is 2.31. The van der Waals surface area contributed by atoms with E-state index in [2.05, 4.69) is 17.2 Å². The third-order valence-corrected chi connectivity index (χ3v) is 2.43. The van der Waals surface area contributed by atoms with Crippen LogP contribution in [0.15, 0.2) is 18.2 Å². The molecule has 7 heteroatoms. The van der Waals surface area contributed by atoms with Gasteiger partial charge in [0.1, 0.15) is 11.4 Å². The summed E-state index contributed by atoms with van der Waals surface area (Å²) in [6.45, 7) is 5.40. The van der Waals surface area contributed by atoms with Crippen LogP contribution in [-0.2, 0) is 10.9 Å². The normalized spacial score (nSPS) is 11.4. The summed E-state index contributed by atoms with van der Waals surface area (Å²) in [5.74, 6) is 3.81. The Labute approximate surface area is 132 Å². The molecule has 1 N–H and O–H groups in total. The summed E-state index contributed by atoms with van der Waals surface area (Å²) in [5, 5.41) is 2.48. The van der Waals surface area contributed by atoms with Crippen LogP contribution in [0.25, 0.3) is 0 Å². The van der Waals surface area contributed by atoms with Crippen molar-refractivity contribution in [3.63, 3.8) is 0 Å². The summed E-state index contributed by atoms with van der Waals surface area (Å²) in [6, 6.07) is 2.48. The Morgan fingerprint density at radius 2 is 1.91 bits per heavy atom. The first-order valence-electron chi connectivity index (χ1n) is 6.81. The molecule has 0 saturated heterocycles. The molecule has 0 aliphatic heterocycles. The first-order valence-corrected chi connectivity index (χ1v) is 6.81. The Morgan fingerprint density at radius 3 is 2.43 bits per heavy atom. The quantitative estimate of drug-likeness (QED) is 0.503. The first-order chi connectivity index (χ1) is 10.5. The predicted molar refractivity (Wildman–Crippen MR) is 77.1 cm³/mol. The van der Waals surface area contributed by atoms with Crippen LogP contribution in [0.5, 0.6) is 0 Å². The average Bonchev–Trinajstić information content (AvgIpc) is 2.34. The zero-order valence-corrected chi connectivity index (χ0v) is 13.0. The third-order valence-electron chi connectivity index (χ3n) is 2.43. The molecule has 0 saturated carbocycles. The number of benzene rings is 1. The number of hydrogen-bond acceptors (Lipinski definition) is 2. The van der Waals surface area contributed by atoms with Gasteiger partial charge in [-0.25, -0.2) is 9.18 Å². The van der Waals surface area contributed by atoms with Crippen molar-refractivity contribution < 1.29 is 27.1 Å². The van der Waals surface area contributed by atoms with Crippen molar-refractivity contribution in [3.05, 3.63) is 35.1 Å². The minimum atomic E-state index is -4.73. The monoisotopic (exact) mass is 331 g/mol. The molecular weight excluding hydrogens is 314 g/mol. The number of alkyl carbamates (subject to hydrolysis) is 1. The van der Waals surface area contributed by atoms with Crippen LogP contribution >= 0.6 is 0 Å². The number of rotatable bonds is 2. The Hall–Kier alpha value is -2.23. The molecule has 0 spiro atoms. The number of carbonyl (C=O) groups excluding carboxylic acids is 1. The molecule has 0 atom stereocenters. The lowest BCUT2D eigenvalue weighted by Gasteiger charge is -2.19. The first kappa shape index (κ1) is 18.8. The zero-order valence-electron chi connectivity index (χ0n) is 13.0. The Balaban J connectivity index is 2.52. The molecule has 3 nitrogen and oxygen atoms in total. The molecule has 0 heterocycles. The van der Waals surface area contributed by atoms with Gasteiger partial charge < -0.3 is 10.1 Å². The summed E-state index contributed by atoms with van der Waals surface area (Å²) in [5.41, 5.74) is -1.80. The molecule has 1 rings (SSSR count). The van der Waals surface area contributed by atoms with E-state index < -0.39 is 29.3 Å². The van der Waals surface area contributed by atoms with Crippen molar-refractivity contribution in [1.82, 2.24) is 5.32 Å². The van der Waals surface area contributed by atoms with E-state index in [1.54, 1.807) is 20.8 Å². The molecule has 126 valence electrons. The van der Waals surface area contributed by atoms with Gasteiger partial charge in [-0.2, -0.15) is 13.2 Å². The van der Waals surface area contributed by atoms with Gasteiger partial charge in [0.25, 0.3) is 0 Å². The van der Waals surface area contributed by atoms with E-state index in [9.17, 15) is 22.4 Å². The van der Waals surface area contributed by atoms with E-state index in [1.807, 2.05) is 0 Å². The molecule has 0 aromatic heterocycles. The summed E-state index contributed by atoms with van der Waals surface area (Å²) in [7, 11) is 0. The van der Waals surface area contributed by atoms with Gasteiger partial charge >= 0.3 is 12.3 Å². The van der Waals surface area contributed by atoms with Gasteiger partial charge in [0, 0.05) is 18.5 Å². The van der Waals surface area contributed by atoms with E-state index in [4.69, 9.17) is 4.74 Å². The number of alkyl halides is 3. The predicted octanol–water partition coefficient (Wildman–Crippen LogP) is 4.11. The molecule has 1 aromatic rings. The summed E-state index contributed by atoms with van der Waals surface area (Å²) < 4.78 is 55.5. The van der Waals surface area contributed by atoms with Crippen LogP contribution in [0.2, 0.25) is 0 Å². The van der Waals surface area contributed by atoms with E-state index in [0.29, 0.717) is 6.07 Å². The molecule has 0 aliphatic carbocycles. The smallest absolute Gasteiger partial charge is 0.419 e. The van der Waals surface area contributed by atoms with E-state index in [-0.39, 0.29) is 18.5 Å². The fourth-order valence-electron chi connectivity index (χ4n) is 1.53. The molecule has 0 aliphatic rings. The fraction of sp³-hybridized carbons (Fsp3) is 0.438. The van der Waals surface area contributed by atoms with Gasteiger partial charge in [-0.15, -0.1) is 0 Å². The van der Waals surface area contributed by atoms with Crippen molar-refractivity contribution in [2.75, 3.05) is 6.54 Å². The fourth-order valence-corrected chi connectivity index (χ4v) is 1.53. The Morgan fingerprint density at radius 1 is 1.26 bits per heavy atom. The lowest BCUT2D eigenvalue weighted by Crippen LogP contribution is -2.32. The molecule has 1 amide bonds. The van der Waals surface area contributed by atoms with Crippen molar-refractivity contribution in [3.8, 4) is 11.8 Å². The molecule has 23 heavy (non-hydrogen) atoms. The SMILES string of the molecule is CC(C)(C)OC(=O)NCCC#Cc1ccc(C(F)(F)F)c(F)c1. The topological polar surface area (TPSA) is 38.3 Å². The highest BCUT2D eigenvalue weighted by Gasteiger charge is 2.33. The minimum absolute atomic E-state index is 0.132. The van der Waals surface area contributed by atoms with Crippen molar-refractivity contribution in [2.24, 2.45) is 0 Å². The van der Waals surface area contributed by atoms with E-state index >= 15 is 0 Å². The molecule has 0 radical (unpaired) electrons. The number of nitrogens with one attached hydrogen (secondary N) is 1. The summed E-state index contributed by atoms with van der Waals surface area (Å²) in [6.07, 6.45) is -5.06. The van der Waals surface area contributed by atoms with Gasteiger partial charge in [0.05, 0.1) is 5.56 Å². The van der Waals surface area contributed by atoms with Crippen LogP contribution in [0.4, 0.5) is 22.4 Å². The average molecular weight is 331 g/mol. The third kappa shape index (κ3) is 7.04. The number of amides is 1. The van der Waals surface area contributed by atoms with Gasteiger partial charge in [-0.3, -0.25) is 0 Å². The highest BCUT2D eigenvalue weighted by atomic mass is 19.4. The van der Waals surface area contributed by atoms with Crippen LogP contribution in [0, 0.1) is 17.7 Å². The maximum absolute atomic E-state index is 13.3. The molecular formula is C16H17F4NO2. The summed E-state index contributed by atoms with van der Waals surface area (Å²) in [4.78, 5) is 11.3. The van der Waals surface area contributed by atoms with Gasteiger partial charge in [0.2, 0.25) is 0 Å². The van der Waals surface area contributed by atoms with Gasteiger partial charge in [-0.05, 0) is 39.0 Å². The lowest BCUT2D eigenvalue weighted by molar-refractivity contribution is -0.140. The molecule has 1 aromatic carbocycles. The van der Waals surface area contributed by atoms with Crippen LogP contribution in [-0.4, -0.2) is 18.2 Å². The number of hydrogen-bond donors (Lipinski definition) is 1. The van der Waals surface area contributed by atoms with Gasteiger partial charge in [-0.1, -0.05) is 11.8 Å². The van der Waals surface area contributed by atoms with E-state index in [1.165, 1.54) is 0 Å². The zero-order chi connectivity index (χ0) is 17.7.